The molecule has 3 N–H and O–H groups in total. The number of rotatable bonds is 4. The molecule has 7 heteroatoms. The number of aromatic hydroxyl groups is 1. The Hall–Kier alpha value is -1.82. The maximum absolute atomic E-state index is 12.8. The molecule has 0 heterocycles. The lowest BCUT2D eigenvalue weighted by Gasteiger charge is -2.17. The molecule has 2 atom stereocenters. The lowest BCUT2D eigenvalue weighted by atomic mass is 10.0. The molecule has 86 valence electrons. The average Bonchev–Trinajstić information content (AvgIpc) is 2.28. The predicted molar refractivity (Wildman–Crippen MR) is 53.0 cm³/mol. The van der Waals surface area contributed by atoms with Crippen molar-refractivity contribution in [1.82, 2.24) is 0 Å². The van der Waals surface area contributed by atoms with E-state index in [1.165, 1.54) is 0 Å². The van der Waals surface area contributed by atoms with Gasteiger partial charge in [0.15, 0.2) is 0 Å². The summed E-state index contributed by atoms with van der Waals surface area (Å²) >= 11 is 0. The van der Waals surface area contributed by atoms with Crippen molar-refractivity contribution in [2.75, 3.05) is 6.54 Å². The molecule has 1 aromatic rings. The van der Waals surface area contributed by atoms with E-state index in [1.807, 2.05) is 0 Å². The Bertz CT molecular complexity index is 420. The van der Waals surface area contributed by atoms with Crippen LogP contribution < -0.4 is 0 Å². The molecule has 0 bridgehead atoms. The van der Waals surface area contributed by atoms with E-state index in [-0.39, 0.29) is 17.9 Å². The van der Waals surface area contributed by atoms with Gasteiger partial charge in [0.2, 0.25) is 0 Å². The number of halogens is 1. The van der Waals surface area contributed by atoms with Crippen LogP contribution in [0.15, 0.2) is 23.3 Å². The van der Waals surface area contributed by atoms with Crippen LogP contribution in [0.5, 0.6) is 5.75 Å². The summed E-state index contributed by atoms with van der Waals surface area (Å²) < 4.78 is 12.8. The highest BCUT2D eigenvalue weighted by Gasteiger charge is 2.21. The molecule has 0 aromatic heterocycles. The molecule has 0 fully saturated rings. The van der Waals surface area contributed by atoms with Gasteiger partial charge in [-0.2, -0.15) is 0 Å². The van der Waals surface area contributed by atoms with E-state index >= 15 is 0 Å². The van der Waals surface area contributed by atoms with Crippen molar-refractivity contribution in [3.8, 4) is 5.75 Å². The Balaban J connectivity index is 2.90. The molecule has 0 radical (unpaired) electrons. The van der Waals surface area contributed by atoms with Crippen molar-refractivity contribution < 1.29 is 19.7 Å². The van der Waals surface area contributed by atoms with Gasteiger partial charge in [-0.25, -0.2) is 4.39 Å². The molecule has 16 heavy (non-hydrogen) atoms. The van der Waals surface area contributed by atoms with Gasteiger partial charge in [-0.15, -0.1) is 0 Å². The monoisotopic (exact) mass is 227 g/mol. The zero-order valence-electron chi connectivity index (χ0n) is 8.16. The van der Waals surface area contributed by atoms with Gasteiger partial charge in [-0.3, -0.25) is 0 Å². The fourth-order valence-electron chi connectivity index (χ4n) is 1.19. The maximum atomic E-state index is 12.8. The van der Waals surface area contributed by atoms with Crippen molar-refractivity contribution in [3.63, 3.8) is 0 Å². The zero-order chi connectivity index (χ0) is 12.1. The molecule has 0 saturated heterocycles. The highest BCUT2D eigenvalue weighted by Crippen LogP contribution is 2.27. The number of nitrogens with zero attached hydrogens (tertiary/aromatic N) is 3. The van der Waals surface area contributed by atoms with Crippen LogP contribution >= 0.6 is 0 Å². The number of phenols is 1. The zero-order valence-corrected chi connectivity index (χ0v) is 8.16. The molecule has 0 aliphatic carbocycles. The van der Waals surface area contributed by atoms with E-state index in [4.69, 9.17) is 5.53 Å². The minimum Gasteiger partial charge on any atom is -0.508 e. The molecule has 0 aliphatic heterocycles. The summed E-state index contributed by atoms with van der Waals surface area (Å²) in [7, 11) is 0. The lowest BCUT2D eigenvalue weighted by Crippen LogP contribution is -2.21. The van der Waals surface area contributed by atoms with Gasteiger partial charge in [0, 0.05) is 10.5 Å². The summed E-state index contributed by atoms with van der Waals surface area (Å²) in [5, 5.41) is 31.3. The van der Waals surface area contributed by atoms with Crippen molar-refractivity contribution in [2.45, 2.75) is 12.2 Å². The molecular weight excluding hydrogens is 217 g/mol. The summed E-state index contributed by atoms with van der Waals surface area (Å²) in [6.07, 6.45) is -2.91. The van der Waals surface area contributed by atoms with Crippen LogP contribution in [-0.2, 0) is 0 Å². The van der Waals surface area contributed by atoms with Crippen LogP contribution in [0.2, 0.25) is 0 Å². The first-order valence-corrected chi connectivity index (χ1v) is 4.41. The third-order valence-corrected chi connectivity index (χ3v) is 2.00. The number of phenolic OH excluding ortho intramolecular Hbond substituents is 1. The molecule has 2 unspecified atom stereocenters. The first kappa shape index (κ1) is 12.3. The quantitative estimate of drug-likeness (QED) is 0.408. The van der Waals surface area contributed by atoms with Crippen molar-refractivity contribution in [1.29, 1.82) is 0 Å². The van der Waals surface area contributed by atoms with E-state index in [1.54, 1.807) is 0 Å². The van der Waals surface area contributed by atoms with Crippen LogP contribution in [0.4, 0.5) is 4.39 Å². The smallest absolute Gasteiger partial charge is 0.123 e. The minimum atomic E-state index is -1.51. The first-order chi connectivity index (χ1) is 7.56. The van der Waals surface area contributed by atoms with Gasteiger partial charge in [0.25, 0.3) is 0 Å². The summed E-state index contributed by atoms with van der Waals surface area (Å²) in [5.41, 5.74) is 7.87. The number of aliphatic hydroxyl groups excluding tert-OH is 2. The average molecular weight is 227 g/mol. The largest absolute Gasteiger partial charge is 0.508 e. The molecule has 0 amide bonds. The van der Waals surface area contributed by atoms with Crippen LogP contribution in [0.3, 0.4) is 0 Å². The molecule has 0 aliphatic rings. The highest BCUT2D eigenvalue weighted by atomic mass is 19.1. The Morgan fingerprint density at radius 2 is 2.12 bits per heavy atom. The second-order valence-corrected chi connectivity index (χ2v) is 3.13. The molecule has 0 saturated carbocycles. The number of hydrogen-bond acceptors (Lipinski definition) is 4. The van der Waals surface area contributed by atoms with Gasteiger partial charge in [-0.1, -0.05) is 5.11 Å². The Morgan fingerprint density at radius 1 is 1.44 bits per heavy atom. The van der Waals surface area contributed by atoms with E-state index in [2.05, 4.69) is 10.0 Å². The lowest BCUT2D eigenvalue weighted by molar-refractivity contribution is 0.0228. The number of aliphatic hydroxyl groups is 2. The summed E-state index contributed by atoms with van der Waals surface area (Å²) in [6, 6.07) is 2.98. The molecule has 1 rings (SSSR count). The van der Waals surface area contributed by atoms with Crippen molar-refractivity contribution >= 4 is 0 Å². The number of hydrogen-bond donors (Lipinski definition) is 3. The first-order valence-electron chi connectivity index (χ1n) is 4.41. The van der Waals surface area contributed by atoms with Gasteiger partial charge in [-0.05, 0) is 23.7 Å². The standard InChI is InChI=1S/C9H10FN3O3/c10-5-1-2-7(14)6(3-5)9(16)8(15)4-12-13-11/h1-3,8-9,14-16H,4H2. The topological polar surface area (TPSA) is 109 Å². The Morgan fingerprint density at radius 3 is 2.75 bits per heavy atom. The van der Waals surface area contributed by atoms with Gasteiger partial charge in [0.1, 0.15) is 17.7 Å². The second kappa shape index (κ2) is 5.32. The molecule has 6 nitrogen and oxygen atoms in total. The fraction of sp³-hybridized carbons (Fsp3) is 0.333. The summed E-state index contributed by atoms with van der Waals surface area (Å²) in [4.78, 5) is 2.41. The second-order valence-electron chi connectivity index (χ2n) is 3.13. The number of benzene rings is 1. The molecule has 1 aromatic carbocycles. The number of azide groups is 1. The SMILES string of the molecule is [N-]=[N+]=NCC(O)C(O)c1cc(F)ccc1O. The highest BCUT2D eigenvalue weighted by molar-refractivity contribution is 5.34. The third kappa shape index (κ3) is 2.83. The third-order valence-electron chi connectivity index (χ3n) is 2.00. The van der Waals surface area contributed by atoms with Gasteiger partial charge in [0.05, 0.1) is 12.6 Å². The predicted octanol–water partition coefficient (Wildman–Crippen LogP) is 1.24. The van der Waals surface area contributed by atoms with Crippen LogP contribution in [-0.4, -0.2) is 28.0 Å². The normalized spacial score (nSPS) is 13.9. The maximum Gasteiger partial charge on any atom is 0.123 e. The van der Waals surface area contributed by atoms with Crippen molar-refractivity contribution in [3.05, 3.63) is 40.0 Å². The van der Waals surface area contributed by atoms with Crippen LogP contribution in [0, 0.1) is 5.82 Å². The van der Waals surface area contributed by atoms with Gasteiger partial charge < -0.3 is 15.3 Å². The van der Waals surface area contributed by atoms with E-state index in [0.717, 1.165) is 18.2 Å². The van der Waals surface area contributed by atoms with E-state index in [0.29, 0.717) is 0 Å². The van der Waals surface area contributed by atoms with Crippen LogP contribution in [0.25, 0.3) is 10.4 Å². The van der Waals surface area contributed by atoms with E-state index < -0.39 is 18.0 Å². The molecule has 0 spiro atoms. The fourth-order valence-corrected chi connectivity index (χ4v) is 1.19. The Labute approximate surface area is 90.2 Å². The summed E-state index contributed by atoms with van der Waals surface area (Å²) in [6.45, 7) is -0.367. The van der Waals surface area contributed by atoms with Gasteiger partial charge >= 0.3 is 0 Å². The Kier molecular flexibility index (Phi) is 4.07. The minimum absolute atomic E-state index is 0.152. The van der Waals surface area contributed by atoms with Crippen molar-refractivity contribution in [2.24, 2.45) is 5.11 Å². The van der Waals surface area contributed by atoms with Crippen LogP contribution in [0.1, 0.15) is 11.7 Å². The summed E-state index contributed by atoms with van der Waals surface area (Å²) in [5.74, 6) is -0.989. The van der Waals surface area contributed by atoms with E-state index in [9.17, 15) is 19.7 Å². The molecular formula is C9H10FN3O3.